The third-order valence-electron chi connectivity index (χ3n) is 3.28. The van der Waals surface area contributed by atoms with Gasteiger partial charge in [-0.3, -0.25) is 10.1 Å². The van der Waals surface area contributed by atoms with Crippen LogP contribution in [0.3, 0.4) is 0 Å². The molecule has 96 valence electrons. The molecule has 2 heterocycles. The van der Waals surface area contributed by atoms with Crippen LogP contribution in [0.5, 0.6) is 0 Å². The van der Waals surface area contributed by atoms with E-state index in [1.807, 2.05) is 50.4 Å². The summed E-state index contributed by atoms with van der Waals surface area (Å²) in [5.74, 6) is 0.152. The van der Waals surface area contributed by atoms with Crippen molar-refractivity contribution in [3.63, 3.8) is 0 Å². The molecule has 5 heteroatoms. The summed E-state index contributed by atoms with van der Waals surface area (Å²) in [5, 5.41) is 7.20. The molecule has 5 nitrogen and oxygen atoms in total. The van der Waals surface area contributed by atoms with Gasteiger partial charge in [0.1, 0.15) is 0 Å². The Hall–Kier alpha value is -2.43. The Morgan fingerprint density at radius 1 is 1.26 bits per heavy atom. The van der Waals surface area contributed by atoms with Crippen molar-refractivity contribution in [1.29, 1.82) is 0 Å². The van der Waals surface area contributed by atoms with E-state index >= 15 is 0 Å². The molecule has 1 aliphatic heterocycles. The van der Waals surface area contributed by atoms with Crippen molar-refractivity contribution in [2.45, 2.75) is 13.8 Å². The summed E-state index contributed by atoms with van der Waals surface area (Å²) in [7, 11) is 0. The van der Waals surface area contributed by atoms with Crippen LogP contribution in [0.1, 0.15) is 13.8 Å². The van der Waals surface area contributed by atoms with Crippen molar-refractivity contribution < 1.29 is 4.79 Å². The zero-order valence-electron chi connectivity index (χ0n) is 10.8. The molecule has 19 heavy (non-hydrogen) atoms. The number of aromatic nitrogens is 2. The van der Waals surface area contributed by atoms with Crippen LogP contribution in [0.15, 0.2) is 41.6 Å². The fraction of sp³-hybridized carbons (Fsp3) is 0.214. The highest BCUT2D eigenvalue weighted by Gasteiger charge is 2.23. The lowest BCUT2D eigenvalue weighted by Gasteiger charge is -2.05. The topological polar surface area (TPSA) is 59.3 Å². The van der Waals surface area contributed by atoms with Gasteiger partial charge in [0.25, 0.3) is 0 Å². The zero-order valence-corrected chi connectivity index (χ0v) is 10.8. The third kappa shape index (κ3) is 2.03. The van der Waals surface area contributed by atoms with Gasteiger partial charge in [0.15, 0.2) is 0 Å². The largest absolute Gasteiger partial charge is 0.294 e. The van der Waals surface area contributed by atoms with Crippen molar-refractivity contribution in [2.24, 2.45) is 11.0 Å². The Labute approximate surface area is 111 Å². The quantitative estimate of drug-likeness (QED) is 0.849. The van der Waals surface area contributed by atoms with Gasteiger partial charge in [0, 0.05) is 11.3 Å². The number of nitrogens with zero attached hydrogens (tertiary/aromatic N) is 3. The number of benzene rings is 1. The molecule has 0 bridgehead atoms. The lowest BCUT2D eigenvalue weighted by Crippen LogP contribution is -2.24. The first-order valence-corrected chi connectivity index (χ1v) is 6.16. The summed E-state index contributed by atoms with van der Waals surface area (Å²) in [6, 6.07) is 9.81. The maximum Gasteiger partial charge on any atom is 0.235 e. The van der Waals surface area contributed by atoms with E-state index in [1.54, 1.807) is 4.68 Å². The Bertz CT molecular complexity index is 657. The van der Waals surface area contributed by atoms with Gasteiger partial charge in [-0.15, -0.1) is 0 Å². The number of imidazole rings is 1. The number of carbonyl (C=O) groups is 1. The highest BCUT2D eigenvalue weighted by atomic mass is 16.2. The van der Waals surface area contributed by atoms with E-state index in [0.29, 0.717) is 5.95 Å². The van der Waals surface area contributed by atoms with E-state index in [9.17, 15) is 4.79 Å². The van der Waals surface area contributed by atoms with Crippen LogP contribution in [0, 0.1) is 5.92 Å². The average molecular weight is 254 g/mol. The minimum atomic E-state index is -0.234. The molecule has 0 spiro atoms. The monoisotopic (exact) mass is 254 g/mol. The van der Waals surface area contributed by atoms with Gasteiger partial charge in [0.05, 0.1) is 17.8 Å². The second-order valence-corrected chi connectivity index (χ2v) is 4.61. The normalized spacial score (nSPS) is 18.3. The van der Waals surface area contributed by atoms with Crippen molar-refractivity contribution >= 4 is 17.6 Å². The SMILES string of the molecule is CC1=Nn2cc(-c3ccccc3)nc2NC(=O)[C@@H]1C. The first kappa shape index (κ1) is 11.6. The standard InChI is InChI=1S/C14H14N4O/c1-9-10(2)17-18-8-12(11-6-4-3-5-7-11)15-14(18)16-13(9)19/h3-9H,1-2H3,(H,15,16,19)/t9-/m1/s1. The van der Waals surface area contributed by atoms with Crippen LogP contribution in [0.4, 0.5) is 5.95 Å². The molecule has 0 radical (unpaired) electrons. The minimum absolute atomic E-state index is 0.0785. The Morgan fingerprint density at radius 2 is 2.00 bits per heavy atom. The van der Waals surface area contributed by atoms with Crippen molar-refractivity contribution in [2.75, 3.05) is 5.32 Å². The molecule has 1 N–H and O–H groups in total. The number of carbonyl (C=O) groups excluding carboxylic acids is 1. The molecular formula is C14H14N4O. The van der Waals surface area contributed by atoms with E-state index < -0.39 is 0 Å². The molecule has 2 aromatic rings. The second kappa shape index (κ2) is 4.35. The molecule has 0 aliphatic carbocycles. The number of rotatable bonds is 1. The van der Waals surface area contributed by atoms with Gasteiger partial charge in [-0.2, -0.15) is 5.10 Å². The molecule has 1 aromatic heterocycles. The first-order chi connectivity index (χ1) is 9.15. The maximum atomic E-state index is 11.9. The number of hydrogen-bond acceptors (Lipinski definition) is 3. The van der Waals surface area contributed by atoms with E-state index in [-0.39, 0.29) is 11.8 Å². The Balaban J connectivity index is 2.07. The Morgan fingerprint density at radius 3 is 2.74 bits per heavy atom. The number of nitrogens with one attached hydrogen (secondary N) is 1. The summed E-state index contributed by atoms with van der Waals surface area (Å²) < 4.78 is 1.62. The van der Waals surface area contributed by atoms with Crippen LogP contribution in [-0.4, -0.2) is 21.3 Å². The van der Waals surface area contributed by atoms with Crippen LogP contribution in [0.25, 0.3) is 11.3 Å². The van der Waals surface area contributed by atoms with Crippen molar-refractivity contribution in [3.8, 4) is 11.3 Å². The Kier molecular flexibility index (Phi) is 2.67. The van der Waals surface area contributed by atoms with Crippen LogP contribution in [-0.2, 0) is 4.79 Å². The molecule has 1 aliphatic rings. The highest BCUT2D eigenvalue weighted by molar-refractivity contribution is 6.08. The van der Waals surface area contributed by atoms with Gasteiger partial charge < -0.3 is 0 Å². The fourth-order valence-electron chi connectivity index (χ4n) is 1.95. The molecule has 0 fully saturated rings. The molecule has 0 saturated heterocycles. The molecule has 1 aromatic carbocycles. The van der Waals surface area contributed by atoms with E-state index in [2.05, 4.69) is 15.4 Å². The molecule has 3 rings (SSSR count). The summed E-state index contributed by atoms with van der Waals surface area (Å²) in [4.78, 5) is 16.3. The third-order valence-corrected chi connectivity index (χ3v) is 3.28. The van der Waals surface area contributed by atoms with Crippen LogP contribution >= 0.6 is 0 Å². The molecule has 0 saturated carbocycles. The van der Waals surface area contributed by atoms with E-state index in [1.165, 1.54) is 0 Å². The molecule has 1 amide bonds. The first-order valence-electron chi connectivity index (χ1n) is 6.16. The predicted octanol–water partition coefficient (Wildman–Crippen LogP) is 2.36. The van der Waals surface area contributed by atoms with Crippen LogP contribution in [0.2, 0.25) is 0 Å². The lowest BCUT2D eigenvalue weighted by molar-refractivity contribution is -0.117. The molecule has 0 unspecified atom stereocenters. The summed E-state index contributed by atoms with van der Waals surface area (Å²) in [5.41, 5.74) is 2.56. The second-order valence-electron chi connectivity index (χ2n) is 4.61. The van der Waals surface area contributed by atoms with E-state index in [0.717, 1.165) is 17.0 Å². The number of hydrogen-bond donors (Lipinski definition) is 1. The summed E-state index contributed by atoms with van der Waals surface area (Å²) in [6.45, 7) is 3.68. The minimum Gasteiger partial charge on any atom is -0.294 e. The fourth-order valence-corrected chi connectivity index (χ4v) is 1.95. The number of anilines is 1. The van der Waals surface area contributed by atoms with Gasteiger partial charge in [-0.05, 0) is 13.8 Å². The van der Waals surface area contributed by atoms with Crippen molar-refractivity contribution in [1.82, 2.24) is 9.66 Å². The maximum absolute atomic E-state index is 11.9. The van der Waals surface area contributed by atoms with Gasteiger partial charge in [-0.25, -0.2) is 9.66 Å². The lowest BCUT2D eigenvalue weighted by atomic mass is 10.1. The van der Waals surface area contributed by atoms with E-state index in [4.69, 9.17) is 0 Å². The smallest absolute Gasteiger partial charge is 0.235 e. The van der Waals surface area contributed by atoms with Gasteiger partial charge in [-0.1, -0.05) is 30.3 Å². The summed E-state index contributed by atoms with van der Waals surface area (Å²) >= 11 is 0. The zero-order chi connectivity index (χ0) is 13.4. The van der Waals surface area contributed by atoms with Crippen molar-refractivity contribution in [3.05, 3.63) is 36.5 Å². The number of fused-ring (bicyclic) bond motifs is 1. The highest BCUT2D eigenvalue weighted by Crippen LogP contribution is 2.23. The van der Waals surface area contributed by atoms with Gasteiger partial charge >= 0.3 is 0 Å². The molecule has 1 atom stereocenters. The average Bonchev–Trinajstić information content (AvgIpc) is 2.77. The predicted molar refractivity (Wildman–Crippen MR) is 74.0 cm³/mol. The molecular weight excluding hydrogens is 240 g/mol. The summed E-state index contributed by atoms with van der Waals surface area (Å²) in [6.07, 6.45) is 1.83. The van der Waals surface area contributed by atoms with Gasteiger partial charge in [0.2, 0.25) is 11.9 Å². The van der Waals surface area contributed by atoms with Crippen LogP contribution < -0.4 is 5.32 Å². The number of amides is 1.